The molecule has 2 saturated carbocycles. The number of nitrogens with two attached hydrogens (primary N) is 1. The van der Waals surface area contributed by atoms with Gasteiger partial charge in [0.15, 0.2) is 5.65 Å². The number of allylic oxidation sites excluding steroid dienone is 1. The van der Waals surface area contributed by atoms with Crippen molar-refractivity contribution in [2.45, 2.75) is 102 Å². The average molecular weight is 815 g/mol. The van der Waals surface area contributed by atoms with E-state index in [1.807, 2.05) is 13.8 Å². The van der Waals surface area contributed by atoms with Crippen LogP contribution in [0.25, 0.3) is 5.65 Å². The van der Waals surface area contributed by atoms with Crippen molar-refractivity contribution in [3.63, 3.8) is 0 Å². The maximum absolute atomic E-state index is 14.7. The van der Waals surface area contributed by atoms with Crippen molar-refractivity contribution in [2.75, 3.05) is 19.8 Å². The van der Waals surface area contributed by atoms with Crippen LogP contribution in [-0.2, 0) is 20.7 Å². The summed E-state index contributed by atoms with van der Waals surface area (Å²) in [6, 6.07) is 0.491. The number of hydrogen-bond donors (Lipinski definition) is 3. The first-order valence-electron chi connectivity index (χ1n) is 16.6. The minimum Gasteiger partial charge on any atom is -0.381 e. The number of ether oxygens (including phenoxy) is 1. The minimum absolute atomic E-state index is 0. The number of carbonyl (C=O) groups excluding carboxylic acids is 2. The number of fused-ring (bicyclic) bond motifs is 1. The Morgan fingerprint density at radius 2 is 1.94 bits per heavy atom. The molecule has 2 aliphatic carbocycles. The van der Waals surface area contributed by atoms with Crippen LogP contribution in [0, 0.1) is 31.1 Å². The molecular formula is C34H46CsF5N6O3. The van der Waals surface area contributed by atoms with Gasteiger partial charge in [0.05, 0.1) is 36.2 Å². The zero-order chi connectivity index (χ0) is 33.7. The Labute approximate surface area is 342 Å². The van der Waals surface area contributed by atoms with E-state index in [0.29, 0.717) is 55.1 Å². The second-order valence-corrected chi connectivity index (χ2v) is 14.1. The molecule has 9 nitrogen and oxygen atoms in total. The molecule has 15 heteroatoms. The van der Waals surface area contributed by atoms with Crippen molar-refractivity contribution in [3.8, 4) is 0 Å². The Bertz CT molecular complexity index is 1530. The molecule has 4 N–H and O–H groups in total. The van der Waals surface area contributed by atoms with E-state index >= 15 is 0 Å². The van der Waals surface area contributed by atoms with Gasteiger partial charge in [-0.05, 0) is 75.8 Å². The third-order valence-corrected chi connectivity index (χ3v) is 10.3. The van der Waals surface area contributed by atoms with E-state index in [2.05, 4.69) is 10.6 Å². The van der Waals surface area contributed by atoms with Crippen molar-refractivity contribution in [1.82, 2.24) is 25.2 Å². The molecule has 2 aliphatic heterocycles. The fourth-order valence-electron chi connectivity index (χ4n) is 7.55. The fourth-order valence-corrected chi connectivity index (χ4v) is 7.55. The molecular weight excluding hydrogens is 768 g/mol. The van der Waals surface area contributed by atoms with Crippen LogP contribution in [0.15, 0.2) is 23.4 Å². The topological polar surface area (TPSA) is 124 Å². The van der Waals surface area contributed by atoms with Gasteiger partial charge in [0, 0.05) is 55.9 Å². The monoisotopic (exact) mass is 814 g/mol. The summed E-state index contributed by atoms with van der Waals surface area (Å²) in [4.78, 5) is 31.3. The van der Waals surface area contributed by atoms with Gasteiger partial charge < -0.3 is 28.5 Å². The Morgan fingerprint density at radius 3 is 2.55 bits per heavy atom. The summed E-state index contributed by atoms with van der Waals surface area (Å²) in [5.41, 5.74) is 9.65. The third kappa shape index (κ3) is 9.48. The predicted octanol–water partition coefficient (Wildman–Crippen LogP) is 2.60. The molecule has 49 heavy (non-hydrogen) atoms. The summed E-state index contributed by atoms with van der Waals surface area (Å²) in [5, 5.41) is 10.2. The standard InChI is InChI=1S/C33H43F5N6O3.CH3.Cs/c1-17(2)27(28(39)18-5-6-18)31(46)42-29(19-4-3-8-32(34,35)13-19)25-15-44-26(41-25)12-23(20-7-9-47-16-20)24(43-44)11-21-10-22(33(36,37)38)14-40-30(21)45;;/h12,15,18-22,28-29H,3-11,13-14,16,39H2,1-2H3,(H,40,45)(H,42,46);1H3;/q;-1;+1. The number of halogens is 5. The summed E-state index contributed by atoms with van der Waals surface area (Å²) in [6.45, 7) is 4.08. The molecule has 0 bridgehead atoms. The molecule has 6 unspecified atom stereocenters. The van der Waals surface area contributed by atoms with E-state index in [9.17, 15) is 31.5 Å². The molecule has 0 radical (unpaired) electrons. The molecule has 266 valence electrons. The van der Waals surface area contributed by atoms with E-state index in [1.165, 1.54) is 4.52 Å². The molecule has 4 fully saturated rings. The first-order valence-corrected chi connectivity index (χ1v) is 16.6. The van der Waals surface area contributed by atoms with Crippen molar-refractivity contribution in [2.24, 2.45) is 29.4 Å². The summed E-state index contributed by atoms with van der Waals surface area (Å²) >= 11 is 0. The molecule has 2 aromatic heterocycles. The zero-order valence-corrected chi connectivity index (χ0v) is 35.0. The van der Waals surface area contributed by atoms with Gasteiger partial charge in [-0.15, -0.1) is 0 Å². The Morgan fingerprint density at radius 1 is 1.20 bits per heavy atom. The van der Waals surface area contributed by atoms with Crippen LogP contribution in [0.5, 0.6) is 0 Å². The minimum atomic E-state index is -4.44. The van der Waals surface area contributed by atoms with Crippen LogP contribution in [0.1, 0.15) is 94.1 Å². The van der Waals surface area contributed by atoms with Crippen molar-refractivity contribution in [1.29, 1.82) is 0 Å². The maximum Gasteiger partial charge on any atom is 1.00 e. The molecule has 4 heterocycles. The van der Waals surface area contributed by atoms with Crippen molar-refractivity contribution in [3.05, 3.63) is 47.8 Å². The van der Waals surface area contributed by atoms with Crippen LogP contribution < -0.4 is 85.3 Å². The van der Waals surface area contributed by atoms with E-state index in [1.54, 1.807) is 12.3 Å². The Hall–Kier alpha value is -1.08. The van der Waals surface area contributed by atoms with Crippen LogP contribution in [0.3, 0.4) is 0 Å². The Balaban J connectivity index is 0.00000270. The number of amides is 2. The van der Waals surface area contributed by atoms with Gasteiger partial charge in [-0.1, -0.05) is 5.57 Å². The number of piperidine rings is 1. The normalized spacial score (nSPS) is 26.6. The SMILES string of the molecule is CC(C)=C(C(=O)NC(c1cn2nc(CC3CC(C(F)(F)F)CNC3=O)c(C3CCOC3)cc2n1)C1CCCC(F)(F)C1)C(N)C1CC1.[CH3-].[Cs+]. The number of alkyl halides is 5. The van der Waals surface area contributed by atoms with Crippen molar-refractivity contribution < 1.29 is 105 Å². The largest absolute Gasteiger partial charge is 1.00 e. The van der Waals surface area contributed by atoms with E-state index in [0.717, 1.165) is 24.0 Å². The second-order valence-electron chi connectivity index (χ2n) is 14.1. The summed E-state index contributed by atoms with van der Waals surface area (Å²) in [5.74, 6) is -6.81. The van der Waals surface area contributed by atoms with E-state index in [4.69, 9.17) is 20.6 Å². The van der Waals surface area contributed by atoms with Gasteiger partial charge in [-0.25, -0.2) is 18.3 Å². The van der Waals surface area contributed by atoms with Crippen LogP contribution in [0.4, 0.5) is 22.0 Å². The van der Waals surface area contributed by atoms with Gasteiger partial charge in [0.1, 0.15) is 0 Å². The summed E-state index contributed by atoms with van der Waals surface area (Å²) in [7, 11) is 0. The number of rotatable bonds is 9. The van der Waals surface area contributed by atoms with Gasteiger partial charge in [0.2, 0.25) is 17.7 Å². The van der Waals surface area contributed by atoms with Gasteiger partial charge in [-0.3, -0.25) is 9.59 Å². The van der Waals surface area contributed by atoms with Crippen molar-refractivity contribution >= 4 is 17.5 Å². The fraction of sp³-hybridized carbons (Fsp3) is 0.676. The smallest absolute Gasteiger partial charge is 0.381 e. The first-order chi connectivity index (χ1) is 22.2. The quantitative estimate of drug-likeness (QED) is 0.204. The number of imidazole rings is 1. The average Bonchev–Trinajstić information content (AvgIpc) is 3.54. The molecule has 6 rings (SSSR count). The molecule has 0 spiro atoms. The van der Waals surface area contributed by atoms with Crippen LogP contribution in [-0.4, -0.2) is 64.3 Å². The second kappa shape index (κ2) is 16.3. The predicted molar refractivity (Wildman–Crippen MR) is 169 cm³/mol. The van der Waals surface area contributed by atoms with Gasteiger partial charge in [-0.2, -0.15) is 18.3 Å². The van der Waals surface area contributed by atoms with Crippen LogP contribution >= 0.6 is 0 Å². The number of carbonyl (C=O) groups is 2. The maximum atomic E-state index is 14.7. The first kappa shape index (κ1) is 40.7. The van der Waals surface area contributed by atoms with Crippen LogP contribution in [0.2, 0.25) is 0 Å². The number of aromatic nitrogens is 3. The molecule has 2 aromatic rings. The summed E-state index contributed by atoms with van der Waals surface area (Å²) < 4.78 is 77.3. The number of nitrogens with zero attached hydrogens (tertiary/aromatic N) is 3. The van der Waals surface area contributed by atoms with E-state index < -0.39 is 66.7 Å². The number of nitrogens with one attached hydrogen (secondary N) is 2. The third-order valence-electron chi connectivity index (χ3n) is 10.3. The molecule has 4 aliphatic rings. The van der Waals surface area contributed by atoms with Gasteiger partial charge in [0.25, 0.3) is 0 Å². The molecule has 2 saturated heterocycles. The van der Waals surface area contributed by atoms with E-state index in [-0.39, 0.29) is 107 Å². The molecule has 2 amide bonds. The van der Waals surface area contributed by atoms with Gasteiger partial charge >= 0.3 is 75.1 Å². The Kier molecular flexibility index (Phi) is 13.5. The number of hydrogen-bond acceptors (Lipinski definition) is 6. The zero-order valence-electron chi connectivity index (χ0n) is 28.7. The molecule has 6 atom stereocenters. The molecule has 0 aromatic carbocycles. The summed E-state index contributed by atoms with van der Waals surface area (Å²) in [6.07, 6.45) is -0.538.